The average Bonchev–Trinajstić information content (AvgIpc) is 2.71. The van der Waals surface area contributed by atoms with Crippen molar-refractivity contribution in [3.05, 3.63) is 80.5 Å². The predicted octanol–water partition coefficient (Wildman–Crippen LogP) is 0.861. The van der Waals surface area contributed by atoms with Crippen LogP contribution in [-0.4, -0.2) is 36.4 Å². The van der Waals surface area contributed by atoms with Crippen molar-refractivity contribution in [2.24, 2.45) is 5.10 Å². The number of hydrogen-bond acceptors (Lipinski definition) is 7. The van der Waals surface area contributed by atoms with Crippen molar-refractivity contribution in [3.8, 4) is 17.3 Å². The SMILES string of the molecule is COc1ccccc1-n1c(O)c(C=NNS(=O)(=O)c2ccc(C)cc2)c(=O)[nH]c1=O. The quantitative estimate of drug-likeness (QED) is 0.391. The van der Waals surface area contributed by atoms with Crippen molar-refractivity contribution in [1.29, 1.82) is 0 Å². The first-order valence-electron chi connectivity index (χ1n) is 8.58. The molecular weight excluding hydrogens is 412 g/mol. The van der Waals surface area contributed by atoms with E-state index in [1.54, 1.807) is 30.3 Å². The molecule has 0 unspecified atom stereocenters. The van der Waals surface area contributed by atoms with Gasteiger partial charge in [-0.3, -0.25) is 9.78 Å². The van der Waals surface area contributed by atoms with Crippen molar-refractivity contribution in [2.75, 3.05) is 7.11 Å². The predicted molar refractivity (Wildman–Crippen MR) is 110 cm³/mol. The number of para-hydroxylation sites is 2. The minimum Gasteiger partial charge on any atom is -0.495 e. The van der Waals surface area contributed by atoms with Gasteiger partial charge in [0.2, 0.25) is 5.88 Å². The van der Waals surface area contributed by atoms with Gasteiger partial charge in [0.25, 0.3) is 15.6 Å². The lowest BCUT2D eigenvalue weighted by molar-refractivity contribution is 0.401. The first kappa shape index (κ1) is 20.9. The summed E-state index contributed by atoms with van der Waals surface area (Å²) >= 11 is 0. The van der Waals surface area contributed by atoms with Gasteiger partial charge in [0.15, 0.2) is 0 Å². The minimum absolute atomic E-state index is 0.0256. The zero-order valence-corrected chi connectivity index (χ0v) is 16.8. The van der Waals surface area contributed by atoms with E-state index in [4.69, 9.17) is 4.74 Å². The van der Waals surface area contributed by atoms with Gasteiger partial charge in [-0.05, 0) is 31.2 Å². The van der Waals surface area contributed by atoms with E-state index in [0.717, 1.165) is 16.3 Å². The zero-order valence-electron chi connectivity index (χ0n) is 16.0. The number of hydrogen-bond donors (Lipinski definition) is 3. The van der Waals surface area contributed by atoms with Gasteiger partial charge in [0, 0.05) is 0 Å². The highest BCUT2D eigenvalue weighted by molar-refractivity contribution is 7.89. The number of nitrogens with one attached hydrogen (secondary N) is 2. The maximum Gasteiger partial charge on any atom is 0.335 e. The second-order valence-electron chi connectivity index (χ2n) is 6.17. The molecule has 156 valence electrons. The van der Waals surface area contributed by atoms with Crippen LogP contribution in [0.3, 0.4) is 0 Å². The number of H-pyrrole nitrogens is 1. The van der Waals surface area contributed by atoms with E-state index in [-0.39, 0.29) is 16.3 Å². The molecule has 0 spiro atoms. The lowest BCUT2D eigenvalue weighted by Gasteiger charge is -2.12. The van der Waals surface area contributed by atoms with Crippen LogP contribution in [0.2, 0.25) is 0 Å². The van der Waals surface area contributed by atoms with Crippen LogP contribution in [0.1, 0.15) is 11.1 Å². The van der Waals surface area contributed by atoms with E-state index < -0.39 is 32.7 Å². The maximum atomic E-state index is 12.3. The minimum atomic E-state index is -3.98. The van der Waals surface area contributed by atoms with E-state index in [9.17, 15) is 23.1 Å². The molecule has 2 aromatic carbocycles. The van der Waals surface area contributed by atoms with Gasteiger partial charge in [-0.25, -0.2) is 14.2 Å². The van der Waals surface area contributed by atoms with Crippen LogP contribution >= 0.6 is 0 Å². The molecule has 0 aliphatic rings. The standard InChI is InChI=1S/C19H18N4O6S/c1-12-7-9-13(10-8-12)30(27,28)22-20-11-14-17(24)21-19(26)23(18(14)25)15-5-3-4-6-16(15)29-2/h3-11,22,25H,1-2H3,(H,21,24,26). The topological polar surface area (TPSA) is 143 Å². The van der Waals surface area contributed by atoms with Crippen LogP contribution in [0.4, 0.5) is 0 Å². The van der Waals surface area contributed by atoms with E-state index in [0.29, 0.717) is 0 Å². The first-order chi connectivity index (χ1) is 14.2. The summed E-state index contributed by atoms with van der Waals surface area (Å²) in [5, 5.41) is 14.1. The van der Waals surface area contributed by atoms with Crippen molar-refractivity contribution in [3.63, 3.8) is 0 Å². The molecule has 0 amide bonds. The molecule has 0 bridgehead atoms. The number of nitrogens with zero attached hydrogens (tertiary/aromatic N) is 2. The molecule has 0 aliphatic heterocycles. The number of aromatic nitrogens is 2. The number of benzene rings is 2. The number of sulfonamides is 1. The molecule has 3 aromatic rings. The number of aromatic hydroxyl groups is 1. The van der Waals surface area contributed by atoms with E-state index in [1.807, 2.05) is 11.8 Å². The molecule has 1 aromatic heterocycles. The summed E-state index contributed by atoms with van der Waals surface area (Å²) in [6, 6.07) is 12.4. The molecule has 3 N–H and O–H groups in total. The van der Waals surface area contributed by atoms with Crippen LogP contribution in [-0.2, 0) is 10.0 Å². The fourth-order valence-electron chi connectivity index (χ4n) is 2.62. The molecule has 11 heteroatoms. The molecule has 3 rings (SSSR count). The maximum absolute atomic E-state index is 12.3. The monoisotopic (exact) mass is 430 g/mol. The second kappa shape index (κ2) is 8.25. The lowest BCUT2D eigenvalue weighted by atomic mass is 10.2. The van der Waals surface area contributed by atoms with Crippen LogP contribution in [0, 0.1) is 6.92 Å². The number of aromatic amines is 1. The van der Waals surface area contributed by atoms with Crippen LogP contribution in [0.5, 0.6) is 11.6 Å². The molecular formula is C19H18N4O6S. The number of rotatable bonds is 6. The van der Waals surface area contributed by atoms with E-state index >= 15 is 0 Å². The normalized spacial score (nSPS) is 11.5. The highest BCUT2D eigenvalue weighted by atomic mass is 32.2. The van der Waals surface area contributed by atoms with Gasteiger partial charge in [0.1, 0.15) is 11.3 Å². The Morgan fingerprint density at radius 1 is 1.13 bits per heavy atom. The number of methoxy groups -OCH3 is 1. The summed E-state index contributed by atoms with van der Waals surface area (Å²) in [7, 11) is -2.60. The van der Waals surface area contributed by atoms with Crippen LogP contribution < -0.4 is 20.8 Å². The summed E-state index contributed by atoms with van der Waals surface area (Å²) in [5.74, 6) is -0.462. The summed E-state index contributed by atoms with van der Waals surface area (Å²) in [5.41, 5.74) is -1.21. The van der Waals surface area contributed by atoms with Crippen molar-refractivity contribution >= 4 is 16.2 Å². The summed E-state index contributed by atoms with van der Waals surface area (Å²) in [6.07, 6.45) is 0.811. The van der Waals surface area contributed by atoms with Gasteiger partial charge in [-0.1, -0.05) is 29.8 Å². The molecule has 0 saturated heterocycles. The Morgan fingerprint density at radius 2 is 1.80 bits per heavy atom. The van der Waals surface area contributed by atoms with Crippen molar-refractivity contribution < 1.29 is 18.3 Å². The fourth-order valence-corrected chi connectivity index (χ4v) is 3.41. The van der Waals surface area contributed by atoms with E-state index in [1.165, 1.54) is 25.3 Å². The average molecular weight is 430 g/mol. The molecule has 30 heavy (non-hydrogen) atoms. The molecule has 0 atom stereocenters. The Kier molecular flexibility index (Phi) is 5.74. The number of aryl methyl sites for hydroxylation is 1. The van der Waals surface area contributed by atoms with Gasteiger partial charge < -0.3 is 9.84 Å². The molecule has 0 aliphatic carbocycles. The third kappa shape index (κ3) is 4.10. The van der Waals surface area contributed by atoms with Gasteiger partial charge >= 0.3 is 5.69 Å². The summed E-state index contributed by atoms with van der Waals surface area (Å²) in [6.45, 7) is 1.81. The van der Waals surface area contributed by atoms with Crippen LogP contribution in [0.15, 0.2) is 68.1 Å². The molecule has 1 heterocycles. The van der Waals surface area contributed by atoms with Gasteiger partial charge in [0.05, 0.1) is 23.9 Å². The number of hydrazone groups is 1. The highest BCUT2D eigenvalue weighted by Crippen LogP contribution is 2.24. The fraction of sp³-hybridized carbons (Fsp3) is 0.105. The molecule has 0 radical (unpaired) electrons. The molecule has 0 fully saturated rings. The smallest absolute Gasteiger partial charge is 0.335 e. The van der Waals surface area contributed by atoms with Crippen molar-refractivity contribution in [2.45, 2.75) is 11.8 Å². The molecule has 10 nitrogen and oxygen atoms in total. The largest absolute Gasteiger partial charge is 0.495 e. The van der Waals surface area contributed by atoms with Gasteiger partial charge in [-0.15, -0.1) is 0 Å². The second-order valence-corrected chi connectivity index (χ2v) is 7.83. The zero-order chi connectivity index (χ0) is 21.9. The van der Waals surface area contributed by atoms with Crippen molar-refractivity contribution in [1.82, 2.24) is 14.4 Å². The Morgan fingerprint density at radius 3 is 2.47 bits per heavy atom. The third-order valence-corrected chi connectivity index (χ3v) is 5.38. The van der Waals surface area contributed by atoms with E-state index in [2.05, 4.69) is 10.1 Å². The molecule has 0 saturated carbocycles. The number of ether oxygens (including phenoxy) is 1. The lowest BCUT2D eigenvalue weighted by Crippen LogP contribution is -2.31. The Bertz CT molecular complexity index is 1320. The summed E-state index contributed by atoms with van der Waals surface area (Å²) in [4.78, 5) is 28.4. The first-order valence-corrected chi connectivity index (χ1v) is 10.1. The Hall–Kier alpha value is -3.86. The Labute approximate surface area is 171 Å². The van der Waals surface area contributed by atoms with Crippen LogP contribution in [0.25, 0.3) is 5.69 Å². The Balaban J connectivity index is 2.00. The third-order valence-electron chi connectivity index (χ3n) is 4.14. The van der Waals surface area contributed by atoms with Gasteiger partial charge in [-0.2, -0.15) is 13.5 Å². The highest BCUT2D eigenvalue weighted by Gasteiger charge is 2.17. The summed E-state index contributed by atoms with van der Waals surface area (Å²) < 4.78 is 30.6.